The lowest BCUT2D eigenvalue weighted by Crippen LogP contribution is -2.22. The van der Waals surface area contributed by atoms with Crippen molar-refractivity contribution in [3.05, 3.63) is 48.5 Å². The largest absolute Gasteiger partial charge is 0.491 e. The fourth-order valence-electron chi connectivity index (χ4n) is 2.30. The molecule has 0 aliphatic heterocycles. The van der Waals surface area contributed by atoms with Crippen LogP contribution in [0.2, 0.25) is 0 Å². The normalized spacial score (nSPS) is 10.6. The molecule has 0 unspecified atom stereocenters. The number of carbonyl (C=O) groups is 2. The maximum absolute atomic E-state index is 12.2. The van der Waals surface area contributed by atoms with E-state index in [2.05, 4.69) is 16.0 Å². The van der Waals surface area contributed by atoms with Gasteiger partial charge >= 0.3 is 0 Å². The second kappa shape index (κ2) is 9.62. The van der Waals surface area contributed by atoms with Crippen LogP contribution < -0.4 is 20.7 Å². The average molecular weight is 369 g/mol. The summed E-state index contributed by atoms with van der Waals surface area (Å²) >= 11 is 0. The minimum absolute atomic E-state index is 0.0661. The summed E-state index contributed by atoms with van der Waals surface area (Å²) < 4.78 is 5.64. The highest BCUT2D eigenvalue weighted by molar-refractivity contribution is 5.96. The number of benzene rings is 2. The predicted octanol–water partition coefficient (Wildman–Crippen LogP) is 4.12. The second-order valence-corrected chi connectivity index (χ2v) is 6.82. The van der Waals surface area contributed by atoms with Crippen LogP contribution in [0.4, 0.5) is 17.1 Å². The first-order chi connectivity index (χ1) is 12.8. The Labute approximate surface area is 160 Å². The van der Waals surface area contributed by atoms with E-state index in [0.717, 1.165) is 11.4 Å². The van der Waals surface area contributed by atoms with Crippen molar-refractivity contribution in [2.24, 2.45) is 5.92 Å². The summed E-state index contributed by atoms with van der Waals surface area (Å²) in [7, 11) is 0. The van der Waals surface area contributed by atoms with Crippen molar-refractivity contribution >= 4 is 28.9 Å². The van der Waals surface area contributed by atoms with Crippen molar-refractivity contribution in [2.75, 3.05) is 22.5 Å². The van der Waals surface area contributed by atoms with E-state index in [1.165, 1.54) is 0 Å². The van der Waals surface area contributed by atoms with Crippen LogP contribution in [0.5, 0.6) is 5.75 Å². The highest BCUT2D eigenvalue weighted by Crippen LogP contribution is 2.19. The van der Waals surface area contributed by atoms with Gasteiger partial charge in [0.1, 0.15) is 5.75 Å². The molecule has 6 nitrogen and oxygen atoms in total. The number of nitrogens with one attached hydrogen (secondary N) is 3. The van der Waals surface area contributed by atoms with Crippen LogP contribution in [-0.4, -0.2) is 24.5 Å². The van der Waals surface area contributed by atoms with Crippen LogP contribution in [-0.2, 0) is 9.59 Å². The zero-order valence-electron chi connectivity index (χ0n) is 16.2. The molecule has 0 aromatic heterocycles. The molecule has 27 heavy (non-hydrogen) atoms. The lowest BCUT2D eigenvalue weighted by Gasteiger charge is -2.13. The van der Waals surface area contributed by atoms with E-state index < -0.39 is 0 Å². The van der Waals surface area contributed by atoms with Gasteiger partial charge in [-0.05, 0) is 44.2 Å². The number of carbonyl (C=O) groups excluding carboxylic acids is 2. The Bertz CT molecular complexity index is 788. The zero-order valence-corrected chi connectivity index (χ0v) is 16.2. The van der Waals surface area contributed by atoms with Gasteiger partial charge in [-0.25, -0.2) is 0 Å². The van der Waals surface area contributed by atoms with Crippen molar-refractivity contribution in [3.63, 3.8) is 0 Å². The van der Waals surface area contributed by atoms with E-state index in [0.29, 0.717) is 11.4 Å². The minimum Gasteiger partial charge on any atom is -0.491 e. The molecule has 0 aliphatic carbocycles. The van der Waals surface area contributed by atoms with Crippen LogP contribution in [0.1, 0.15) is 27.7 Å². The molecular formula is C21H27N3O3. The predicted molar refractivity (Wildman–Crippen MR) is 109 cm³/mol. The molecule has 0 saturated carbocycles. The maximum Gasteiger partial charge on any atom is 0.243 e. The van der Waals surface area contributed by atoms with E-state index >= 15 is 0 Å². The van der Waals surface area contributed by atoms with Crippen LogP contribution in [0, 0.1) is 5.92 Å². The molecule has 0 heterocycles. The van der Waals surface area contributed by atoms with E-state index in [4.69, 9.17) is 4.74 Å². The molecule has 0 fully saturated rings. The van der Waals surface area contributed by atoms with Gasteiger partial charge in [0, 0.05) is 29.0 Å². The summed E-state index contributed by atoms with van der Waals surface area (Å²) in [6, 6.07) is 14.6. The van der Waals surface area contributed by atoms with Crippen molar-refractivity contribution in [1.29, 1.82) is 0 Å². The third-order valence-corrected chi connectivity index (χ3v) is 3.60. The van der Waals surface area contributed by atoms with Crippen LogP contribution >= 0.6 is 0 Å². The lowest BCUT2D eigenvalue weighted by molar-refractivity contribution is -0.119. The Hall–Kier alpha value is -3.02. The molecule has 6 heteroatoms. The van der Waals surface area contributed by atoms with Gasteiger partial charge in [-0.1, -0.05) is 26.0 Å². The molecule has 0 bridgehead atoms. The quantitative estimate of drug-likeness (QED) is 0.654. The van der Waals surface area contributed by atoms with E-state index in [1.54, 1.807) is 24.3 Å². The van der Waals surface area contributed by atoms with Gasteiger partial charge in [-0.3, -0.25) is 9.59 Å². The molecule has 0 aliphatic rings. The van der Waals surface area contributed by atoms with Crippen molar-refractivity contribution in [1.82, 2.24) is 0 Å². The van der Waals surface area contributed by atoms with Gasteiger partial charge in [0.05, 0.1) is 12.6 Å². The average Bonchev–Trinajstić information content (AvgIpc) is 2.60. The molecular weight excluding hydrogens is 342 g/mol. The molecule has 2 aromatic rings. The first-order valence-electron chi connectivity index (χ1n) is 9.05. The standard InChI is InChI=1S/C21H27N3O3/c1-14(2)21(26)24-18-9-5-8-17(11-18)23-20(25)13-22-16-7-6-10-19(12-16)27-15(3)4/h5-12,14-15,22H,13H2,1-4H3,(H,23,25)(H,24,26). The number of amides is 2. The number of anilines is 3. The van der Waals surface area contributed by atoms with Crippen LogP contribution in [0.25, 0.3) is 0 Å². The van der Waals surface area contributed by atoms with Crippen molar-refractivity contribution < 1.29 is 14.3 Å². The highest BCUT2D eigenvalue weighted by atomic mass is 16.5. The number of hydrogen-bond acceptors (Lipinski definition) is 4. The third-order valence-electron chi connectivity index (χ3n) is 3.60. The minimum atomic E-state index is -0.183. The molecule has 2 amide bonds. The summed E-state index contributed by atoms with van der Waals surface area (Å²) in [5, 5.41) is 8.71. The zero-order chi connectivity index (χ0) is 19.8. The first-order valence-corrected chi connectivity index (χ1v) is 9.05. The Kier molecular flexibility index (Phi) is 7.23. The second-order valence-electron chi connectivity index (χ2n) is 6.82. The summed E-state index contributed by atoms with van der Waals surface area (Å²) in [6.07, 6.45) is 0.0898. The van der Waals surface area contributed by atoms with Gasteiger partial charge in [0.2, 0.25) is 11.8 Å². The molecule has 0 radical (unpaired) electrons. The van der Waals surface area contributed by atoms with Crippen LogP contribution in [0.15, 0.2) is 48.5 Å². The summed E-state index contributed by atoms with van der Waals surface area (Å²) in [5.41, 5.74) is 2.08. The lowest BCUT2D eigenvalue weighted by atomic mass is 10.2. The molecule has 2 rings (SSSR count). The van der Waals surface area contributed by atoms with Crippen LogP contribution in [0.3, 0.4) is 0 Å². The summed E-state index contributed by atoms with van der Waals surface area (Å²) in [4.78, 5) is 24.0. The molecule has 0 spiro atoms. The van der Waals surface area contributed by atoms with E-state index in [1.807, 2.05) is 52.0 Å². The van der Waals surface area contributed by atoms with Gasteiger partial charge in [-0.15, -0.1) is 0 Å². The monoisotopic (exact) mass is 369 g/mol. The number of ether oxygens (including phenoxy) is 1. The molecule has 144 valence electrons. The molecule has 0 saturated heterocycles. The molecule has 2 aromatic carbocycles. The van der Waals surface area contributed by atoms with Gasteiger partial charge < -0.3 is 20.7 Å². The first kappa shape index (κ1) is 20.3. The Morgan fingerprint density at radius 3 is 2.19 bits per heavy atom. The SMILES string of the molecule is CC(C)Oc1cccc(NCC(=O)Nc2cccc(NC(=O)C(C)C)c2)c1. The number of hydrogen-bond donors (Lipinski definition) is 3. The van der Waals surface area contributed by atoms with E-state index in [9.17, 15) is 9.59 Å². The van der Waals surface area contributed by atoms with Gasteiger partial charge in [0.25, 0.3) is 0 Å². The molecule has 0 atom stereocenters. The Morgan fingerprint density at radius 1 is 0.889 bits per heavy atom. The van der Waals surface area contributed by atoms with Gasteiger partial charge in [-0.2, -0.15) is 0 Å². The number of rotatable bonds is 8. The Balaban J connectivity index is 1.90. The van der Waals surface area contributed by atoms with E-state index in [-0.39, 0.29) is 30.4 Å². The third kappa shape index (κ3) is 7.01. The highest BCUT2D eigenvalue weighted by Gasteiger charge is 2.08. The van der Waals surface area contributed by atoms with Crippen molar-refractivity contribution in [2.45, 2.75) is 33.8 Å². The smallest absolute Gasteiger partial charge is 0.243 e. The van der Waals surface area contributed by atoms with Crippen molar-refractivity contribution in [3.8, 4) is 5.75 Å². The molecule has 3 N–H and O–H groups in total. The Morgan fingerprint density at radius 2 is 1.52 bits per heavy atom. The fraction of sp³-hybridized carbons (Fsp3) is 0.333. The topological polar surface area (TPSA) is 79.5 Å². The summed E-state index contributed by atoms with van der Waals surface area (Å²) in [5.74, 6) is 0.396. The fourth-order valence-corrected chi connectivity index (χ4v) is 2.30. The summed E-state index contributed by atoms with van der Waals surface area (Å²) in [6.45, 7) is 7.70. The van der Waals surface area contributed by atoms with Gasteiger partial charge in [0.15, 0.2) is 0 Å². The maximum atomic E-state index is 12.2.